The van der Waals surface area contributed by atoms with Crippen molar-refractivity contribution < 1.29 is 18.8 Å². The first-order chi connectivity index (χ1) is 11.4. The van der Waals surface area contributed by atoms with Crippen molar-refractivity contribution in [2.24, 2.45) is 0 Å². The molecule has 0 saturated carbocycles. The molecule has 130 valence electrons. The highest BCUT2D eigenvalue weighted by atomic mass is 16.5. The van der Waals surface area contributed by atoms with Crippen LogP contribution in [-0.4, -0.2) is 31.3 Å². The van der Waals surface area contributed by atoms with Crippen molar-refractivity contribution in [1.29, 1.82) is 0 Å². The number of carbonyl (C=O) groups excluding carboxylic acids is 1. The third kappa shape index (κ3) is 4.26. The Hall–Kier alpha value is -2.54. The van der Waals surface area contributed by atoms with Crippen molar-refractivity contribution in [1.82, 2.24) is 10.5 Å². The van der Waals surface area contributed by atoms with Gasteiger partial charge in [0, 0.05) is 17.7 Å². The Labute approximate surface area is 141 Å². The number of aromatic nitrogens is 1. The number of carbonyl (C=O) groups is 1. The molecule has 2 N–H and O–H groups in total. The largest absolute Gasteiger partial charge is 0.497 e. The van der Waals surface area contributed by atoms with Crippen LogP contribution in [0.2, 0.25) is 0 Å². The summed E-state index contributed by atoms with van der Waals surface area (Å²) in [5, 5.41) is 9.66. The predicted octanol–water partition coefficient (Wildman–Crippen LogP) is 2.68. The number of rotatable bonds is 7. The predicted molar refractivity (Wildman–Crippen MR) is 90.4 cm³/mol. The van der Waals surface area contributed by atoms with Crippen molar-refractivity contribution in [3.8, 4) is 11.5 Å². The summed E-state index contributed by atoms with van der Waals surface area (Å²) < 4.78 is 15.6. The first-order valence-corrected chi connectivity index (χ1v) is 7.66. The monoisotopic (exact) mass is 333 g/mol. The summed E-state index contributed by atoms with van der Waals surface area (Å²) in [5.74, 6) is 1.58. The zero-order valence-corrected chi connectivity index (χ0v) is 14.5. The summed E-state index contributed by atoms with van der Waals surface area (Å²) >= 11 is 0. The van der Waals surface area contributed by atoms with E-state index in [1.165, 1.54) is 0 Å². The molecule has 0 spiro atoms. The van der Waals surface area contributed by atoms with E-state index in [0.717, 1.165) is 17.1 Å². The number of anilines is 1. The molecule has 0 bridgehead atoms. The van der Waals surface area contributed by atoms with Gasteiger partial charge in [-0.2, -0.15) is 0 Å². The zero-order valence-electron chi connectivity index (χ0n) is 14.5. The number of hydrogen-bond donors (Lipinski definition) is 2. The van der Waals surface area contributed by atoms with Gasteiger partial charge in [0.25, 0.3) is 0 Å². The van der Waals surface area contributed by atoms with Crippen molar-refractivity contribution in [3.05, 3.63) is 35.5 Å². The van der Waals surface area contributed by atoms with E-state index in [0.29, 0.717) is 11.6 Å². The molecule has 2 atom stereocenters. The molecule has 1 aromatic carbocycles. The zero-order chi connectivity index (χ0) is 17.7. The second-order valence-corrected chi connectivity index (χ2v) is 5.54. The van der Waals surface area contributed by atoms with Crippen LogP contribution in [0.15, 0.2) is 28.8 Å². The molecular formula is C17H23N3O4. The van der Waals surface area contributed by atoms with Crippen LogP contribution in [0.4, 0.5) is 5.88 Å². The Kier molecular flexibility index (Phi) is 5.81. The maximum Gasteiger partial charge on any atom is 0.243 e. The Morgan fingerprint density at radius 3 is 2.54 bits per heavy atom. The van der Waals surface area contributed by atoms with E-state index >= 15 is 0 Å². The Bertz CT molecular complexity index is 699. The number of hydrogen-bond acceptors (Lipinski definition) is 6. The summed E-state index contributed by atoms with van der Waals surface area (Å²) in [5.41, 5.74) is 1.62. The molecular weight excluding hydrogens is 310 g/mol. The van der Waals surface area contributed by atoms with Gasteiger partial charge in [-0.25, -0.2) is 0 Å². The van der Waals surface area contributed by atoms with E-state index in [9.17, 15) is 4.79 Å². The van der Waals surface area contributed by atoms with Crippen LogP contribution >= 0.6 is 0 Å². The third-order valence-electron chi connectivity index (χ3n) is 3.67. The lowest BCUT2D eigenvalue weighted by molar-refractivity contribution is -0.118. The van der Waals surface area contributed by atoms with Gasteiger partial charge in [-0.05, 0) is 39.0 Å². The number of amides is 1. The molecule has 7 nitrogen and oxygen atoms in total. The van der Waals surface area contributed by atoms with Gasteiger partial charge >= 0.3 is 0 Å². The summed E-state index contributed by atoms with van der Waals surface area (Å²) in [7, 11) is 3.22. The topological polar surface area (TPSA) is 85.6 Å². The van der Waals surface area contributed by atoms with Crippen molar-refractivity contribution in [2.75, 3.05) is 19.5 Å². The molecule has 1 aromatic heterocycles. The van der Waals surface area contributed by atoms with Gasteiger partial charge in [-0.15, -0.1) is 0 Å². The molecule has 1 amide bonds. The molecule has 0 radical (unpaired) electrons. The molecule has 24 heavy (non-hydrogen) atoms. The van der Waals surface area contributed by atoms with Crippen LogP contribution in [0.5, 0.6) is 11.5 Å². The molecule has 0 fully saturated rings. The average Bonchev–Trinajstić information content (AvgIpc) is 2.98. The highest BCUT2D eigenvalue weighted by Gasteiger charge is 2.20. The van der Waals surface area contributed by atoms with Gasteiger partial charge in [-0.3, -0.25) is 15.4 Å². The summed E-state index contributed by atoms with van der Waals surface area (Å²) in [6.45, 7) is 5.53. The van der Waals surface area contributed by atoms with Gasteiger partial charge in [0.2, 0.25) is 11.8 Å². The molecule has 0 saturated heterocycles. The van der Waals surface area contributed by atoms with Crippen molar-refractivity contribution >= 4 is 11.8 Å². The summed E-state index contributed by atoms with van der Waals surface area (Å²) in [6.07, 6.45) is 0. The lowest BCUT2D eigenvalue weighted by atomic mass is 10.1. The number of nitrogens with one attached hydrogen (secondary N) is 2. The Morgan fingerprint density at radius 1 is 1.21 bits per heavy atom. The number of benzene rings is 1. The summed E-state index contributed by atoms with van der Waals surface area (Å²) in [4.78, 5) is 12.2. The van der Waals surface area contributed by atoms with Gasteiger partial charge < -0.3 is 14.0 Å². The summed E-state index contributed by atoms with van der Waals surface area (Å²) in [6, 6.07) is 6.67. The van der Waals surface area contributed by atoms with Crippen LogP contribution in [0.1, 0.15) is 31.1 Å². The quantitative estimate of drug-likeness (QED) is 0.810. The molecule has 0 aliphatic heterocycles. The Balaban J connectivity index is 2.05. The van der Waals surface area contributed by atoms with Gasteiger partial charge in [0.1, 0.15) is 11.5 Å². The van der Waals surface area contributed by atoms with Crippen LogP contribution < -0.4 is 20.1 Å². The van der Waals surface area contributed by atoms with E-state index in [4.69, 9.17) is 14.0 Å². The molecule has 2 aromatic rings. The van der Waals surface area contributed by atoms with Gasteiger partial charge in [0.05, 0.1) is 26.0 Å². The van der Waals surface area contributed by atoms with Crippen LogP contribution in [0.3, 0.4) is 0 Å². The van der Waals surface area contributed by atoms with E-state index in [1.54, 1.807) is 34.1 Å². The molecule has 2 unspecified atom stereocenters. The van der Waals surface area contributed by atoms with Crippen LogP contribution in [0.25, 0.3) is 0 Å². The van der Waals surface area contributed by atoms with E-state index in [2.05, 4.69) is 15.8 Å². The lowest BCUT2D eigenvalue weighted by Gasteiger charge is -2.21. The fourth-order valence-corrected chi connectivity index (χ4v) is 2.37. The minimum absolute atomic E-state index is 0.118. The number of methoxy groups -OCH3 is 2. The highest BCUT2D eigenvalue weighted by molar-refractivity contribution is 5.93. The maximum atomic E-state index is 12.2. The molecule has 0 aliphatic carbocycles. The smallest absolute Gasteiger partial charge is 0.243 e. The fourth-order valence-electron chi connectivity index (χ4n) is 2.37. The van der Waals surface area contributed by atoms with E-state index in [1.807, 2.05) is 25.1 Å². The van der Waals surface area contributed by atoms with Crippen LogP contribution in [0, 0.1) is 6.92 Å². The lowest BCUT2D eigenvalue weighted by Crippen LogP contribution is -2.39. The minimum Gasteiger partial charge on any atom is -0.497 e. The fraction of sp³-hybridized carbons (Fsp3) is 0.412. The maximum absolute atomic E-state index is 12.2. The number of aryl methyl sites for hydroxylation is 1. The molecule has 2 rings (SSSR count). The Morgan fingerprint density at radius 2 is 1.96 bits per heavy atom. The number of ether oxygens (including phenoxy) is 2. The molecule has 0 aliphatic rings. The van der Waals surface area contributed by atoms with Gasteiger partial charge in [-0.1, -0.05) is 5.16 Å². The SMILES string of the molecule is COc1ccc(OC)c(C(C)NC(C)C(=O)Nc2cc(C)no2)c1. The highest BCUT2D eigenvalue weighted by Crippen LogP contribution is 2.29. The standard InChI is InChI=1S/C17H23N3O4/c1-10-8-16(24-20-10)19-17(21)12(3)18-11(2)14-9-13(22-4)6-7-15(14)23-5/h6-9,11-12,18H,1-5H3,(H,19,21). The molecule has 7 heteroatoms. The molecule has 1 heterocycles. The van der Waals surface area contributed by atoms with E-state index < -0.39 is 6.04 Å². The normalized spacial score (nSPS) is 13.2. The number of nitrogens with zero attached hydrogens (tertiary/aromatic N) is 1. The van der Waals surface area contributed by atoms with Crippen LogP contribution in [-0.2, 0) is 4.79 Å². The first kappa shape index (κ1) is 17.8. The second-order valence-electron chi connectivity index (χ2n) is 5.54. The van der Waals surface area contributed by atoms with E-state index in [-0.39, 0.29) is 11.9 Å². The van der Waals surface area contributed by atoms with Crippen molar-refractivity contribution in [3.63, 3.8) is 0 Å². The van der Waals surface area contributed by atoms with Gasteiger partial charge in [0.15, 0.2) is 0 Å². The minimum atomic E-state index is -0.443. The second kappa shape index (κ2) is 7.83. The van der Waals surface area contributed by atoms with Crippen molar-refractivity contribution in [2.45, 2.75) is 32.9 Å². The third-order valence-corrected chi connectivity index (χ3v) is 3.67. The first-order valence-electron chi connectivity index (χ1n) is 7.66. The average molecular weight is 333 g/mol.